The second-order valence-electron chi connectivity index (χ2n) is 8.43. The van der Waals surface area contributed by atoms with E-state index in [1.807, 2.05) is 30.5 Å². The third-order valence-electron chi connectivity index (χ3n) is 5.48. The van der Waals surface area contributed by atoms with Crippen LogP contribution in [0.15, 0.2) is 30.5 Å². The van der Waals surface area contributed by atoms with Gasteiger partial charge in [-0.25, -0.2) is 0 Å². The van der Waals surface area contributed by atoms with Crippen molar-refractivity contribution in [2.75, 3.05) is 6.54 Å². The maximum Gasteiger partial charge on any atom is 0.254 e. The highest BCUT2D eigenvalue weighted by molar-refractivity contribution is 5.98. The highest BCUT2D eigenvalue weighted by atomic mass is 16.2. The van der Waals surface area contributed by atoms with Crippen LogP contribution in [0.25, 0.3) is 10.9 Å². The summed E-state index contributed by atoms with van der Waals surface area (Å²) in [6, 6.07) is 8.44. The number of carbonyl (C=O) groups excluding carboxylic acids is 1. The Morgan fingerprint density at radius 2 is 2.05 bits per heavy atom. The minimum Gasteiger partial charge on any atom is -0.361 e. The average Bonchev–Trinajstić information content (AvgIpc) is 2.97. The van der Waals surface area contributed by atoms with Crippen molar-refractivity contribution in [1.82, 2.24) is 9.88 Å². The fourth-order valence-corrected chi connectivity index (χ4v) is 5.04. The maximum absolute atomic E-state index is 13.0. The van der Waals surface area contributed by atoms with E-state index in [9.17, 15) is 4.79 Å². The molecule has 2 aromatic rings. The lowest BCUT2D eigenvalue weighted by molar-refractivity contribution is 0.0708. The van der Waals surface area contributed by atoms with Gasteiger partial charge in [0.2, 0.25) is 0 Å². The first kappa shape index (κ1) is 13.9. The Bertz CT molecular complexity index is 745. The van der Waals surface area contributed by atoms with Crippen LogP contribution in [-0.2, 0) is 0 Å². The van der Waals surface area contributed by atoms with Crippen LogP contribution in [0.4, 0.5) is 0 Å². The van der Waals surface area contributed by atoms with Gasteiger partial charge in [0.05, 0.1) is 0 Å². The van der Waals surface area contributed by atoms with Crippen molar-refractivity contribution < 1.29 is 4.79 Å². The fourth-order valence-electron chi connectivity index (χ4n) is 5.04. The number of nitrogens with zero attached hydrogens (tertiary/aromatic N) is 1. The molecule has 1 aliphatic carbocycles. The van der Waals surface area contributed by atoms with Crippen molar-refractivity contribution in [3.63, 3.8) is 0 Å². The van der Waals surface area contributed by atoms with Gasteiger partial charge in [0.15, 0.2) is 0 Å². The number of likely N-dealkylation sites (tertiary alicyclic amines) is 1. The predicted octanol–water partition coefficient (Wildman–Crippen LogP) is 4.21. The number of nitrogens with one attached hydrogen (secondary N) is 1. The van der Waals surface area contributed by atoms with Crippen molar-refractivity contribution in [3.8, 4) is 0 Å². The molecular formula is C19H24N2O. The molecule has 116 valence electrons. The van der Waals surface area contributed by atoms with Crippen molar-refractivity contribution in [2.45, 2.75) is 46.1 Å². The van der Waals surface area contributed by atoms with Crippen LogP contribution in [0.1, 0.15) is 50.4 Å². The Morgan fingerprint density at radius 3 is 2.86 bits per heavy atom. The number of H-pyrrole nitrogens is 1. The van der Waals surface area contributed by atoms with E-state index < -0.39 is 0 Å². The third-order valence-corrected chi connectivity index (χ3v) is 5.48. The number of benzene rings is 1. The molecule has 2 heterocycles. The molecule has 22 heavy (non-hydrogen) atoms. The van der Waals surface area contributed by atoms with Gasteiger partial charge in [0, 0.05) is 29.9 Å². The lowest BCUT2D eigenvalue weighted by atomic mass is 9.65. The van der Waals surface area contributed by atoms with Gasteiger partial charge in [0.25, 0.3) is 5.91 Å². The zero-order valence-corrected chi connectivity index (χ0v) is 13.6. The number of fused-ring (bicyclic) bond motifs is 3. The van der Waals surface area contributed by atoms with E-state index >= 15 is 0 Å². The van der Waals surface area contributed by atoms with E-state index in [-0.39, 0.29) is 5.91 Å². The van der Waals surface area contributed by atoms with Gasteiger partial charge in [-0.1, -0.05) is 26.8 Å². The maximum atomic E-state index is 13.0. The van der Waals surface area contributed by atoms with Crippen LogP contribution in [0, 0.1) is 10.8 Å². The van der Waals surface area contributed by atoms with Crippen LogP contribution >= 0.6 is 0 Å². The Hall–Kier alpha value is -1.77. The van der Waals surface area contributed by atoms with Gasteiger partial charge in [-0.2, -0.15) is 0 Å². The summed E-state index contributed by atoms with van der Waals surface area (Å²) in [5.74, 6) is 0.197. The number of amides is 1. The van der Waals surface area contributed by atoms with Crippen molar-refractivity contribution in [2.24, 2.45) is 10.8 Å². The number of hydrogen-bond acceptors (Lipinski definition) is 1. The molecule has 2 fully saturated rings. The first-order valence-corrected chi connectivity index (χ1v) is 8.24. The normalized spacial score (nSPS) is 30.0. The van der Waals surface area contributed by atoms with Gasteiger partial charge in [-0.05, 0) is 53.7 Å². The molecule has 3 nitrogen and oxygen atoms in total. The summed E-state index contributed by atoms with van der Waals surface area (Å²) in [6.45, 7) is 7.94. The van der Waals surface area contributed by atoms with Crippen LogP contribution in [-0.4, -0.2) is 28.4 Å². The summed E-state index contributed by atoms with van der Waals surface area (Å²) < 4.78 is 0. The van der Waals surface area contributed by atoms with E-state index in [1.165, 1.54) is 6.42 Å². The summed E-state index contributed by atoms with van der Waals surface area (Å²) in [5, 5.41) is 1.16. The zero-order chi connectivity index (χ0) is 15.5. The SMILES string of the molecule is CC1(C)C[C@@H]2C[C@](C)(CN2C(=O)c2ccc3cc[nH]c3c2)C1. The Kier molecular flexibility index (Phi) is 2.76. The standard InChI is InChI=1S/C19H24N2O/c1-18(2)9-15-10-19(3,11-18)12-21(15)17(22)14-5-4-13-6-7-20-16(13)8-14/h4-8,15,20H,9-12H2,1-3H3/t15-,19+/m1/s1. The molecule has 1 aliphatic heterocycles. The molecule has 1 saturated carbocycles. The van der Waals surface area contributed by atoms with Gasteiger partial charge in [-0.3, -0.25) is 4.79 Å². The Morgan fingerprint density at radius 1 is 1.23 bits per heavy atom. The molecule has 1 N–H and O–H groups in total. The van der Waals surface area contributed by atoms with E-state index in [1.54, 1.807) is 0 Å². The fraction of sp³-hybridized carbons (Fsp3) is 0.526. The molecule has 0 unspecified atom stereocenters. The number of hydrogen-bond donors (Lipinski definition) is 1. The van der Waals surface area contributed by atoms with Crippen LogP contribution in [0.2, 0.25) is 0 Å². The topological polar surface area (TPSA) is 36.1 Å². The summed E-state index contributed by atoms with van der Waals surface area (Å²) >= 11 is 0. The molecule has 0 radical (unpaired) electrons. The van der Waals surface area contributed by atoms with Gasteiger partial charge in [0.1, 0.15) is 0 Å². The molecule has 3 heteroatoms. The molecule has 2 atom stereocenters. The Balaban J connectivity index is 1.65. The van der Waals surface area contributed by atoms with Crippen molar-refractivity contribution in [1.29, 1.82) is 0 Å². The monoisotopic (exact) mass is 296 g/mol. The van der Waals surface area contributed by atoms with Crippen LogP contribution in [0.5, 0.6) is 0 Å². The molecule has 1 amide bonds. The highest BCUT2D eigenvalue weighted by Gasteiger charge is 2.50. The molecule has 2 aliphatic rings. The molecule has 2 bridgehead atoms. The Labute approximate surface area is 131 Å². The summed E-state index contributed by atoms with van der Waals surface area (Å²) in [4.78, 5) is 18.4. The van der Waals surface area contributed by atoms with Gasteiger partial charge < -0.3 is 9.88 Å². The molecule has 0 spiro atoms. The minimum absolute atomic E-state index is 0.197. The molecule has 4 rings (SSSR count). The first-order chi connectivity index (χ1) is 10.4. The summed E-state index contributed by atoms with van der Waals surface area (Å²) in [5.41, 5.74) is 2.48. The smallest absolute Gasteiger partial charge is 0.254 e. The molecule has 1 aromatic heterocycles. The summed E-state index contributed by atoms with van der Waals surface area (Å²) in [6.07, 6.45) is 5.42. The molecule has 1 aromatic carbocycles. The second-order valence-corrected chi connectivity index (χ2v) is 8.43. The number of carbonyl (C=O) groups is 1. The molecule has 1 saturated heterocycles. The quantitative estimate of drug-likeness (QED) is 0.841. The van der Waals surface area contributed by atoms with E-state index in [2.05, 4.69) is 30.7 Å². The van der Waals surface area contributed by atoms with Crippen molar-refractivity contribution >= 4 is 16.8 Å². The first-order valence-electron chi connectivity index (χ1n) is 8.24. The largest absolute Gasteiger partial charge is 0.361 e. The zero-order valence-electron chi connectivity index (χ0n) is 13.6. The molecular weight excluding hydrogens is 272 g/mol. The van der Waals surface area contributed by atoms with Crippen LogP contribution < -0.4 is 0 Å². The highest BCUT2D eigenvalue weighted by Crippen LogP contribution is 2.52. The minimum atomic E-state index is 0.197. The lowest BCUT2D eigenvalue weighted by Gasteiger charge is -2.39. The third kappa shape index (κ3) is 2.15. The van der Waals surface area contributed by atoms with Crippen LogP contribution in [0.3, 0.4) is 0 Å². The number of aromatic amines is 1. The summed E-state index contributed by atoms with van der Waals surface area (Å²) in [7, 11) is 0. The van der Waals surface area contributed by atoms with E-state index in [0.717, 1.165) is 35.9 Å². The van der Waals surface area contributed by atoms with E-state index in [0.29, 0.717) is 16.9 Å². The van der Waals surface area contributed by atoms with Gasteiger partial charge in [-0.15, -0.1) is 0 Å². The number of aromatic nitrogens is 1. The van der Waals surface area contributed by atoms with E-state index in [4.69, 9.17) is 0 Å². The lowest BCUT2D eigenvalue weighted by Crippen LogP contribution is -2.37. The average molecular weight is 296 g/mol. The second kappa shape index (κ2) is 4.37. The predicted molar refractivity (Wildman–Crippen MR) is 88.9 cm³/mol. The van der Waals surface area contributed by atoms with Crippen molar-refractivity contribution in [3.05, 3.63) is 36.0 Å². The van der Waals surface area contributed by atoms with Gasteiger partial charge >= 0.3 is 0 Å². The number of rotatable bonds is 1.